The molecule has 17 nitrogen and oxygen atoms in total. The number of nitrogens with zero attached hydrogens (tertiary/aromatic N) is 7. The van der Waals surface area contributed by atoms with Gasteiger partial charge in [-0.1, -0.05) is 32.0 Å². The molecule has 0 unspecified atom stereocenters. The molecular weight excluding hydrogens is 1020 g/mol. The molecule has 0 radical (unpaired) electrons. The van der Waals surface area contributed by atoms with Gasteiger partial charge in [0.25, 0.3) is 5.91 Å². The summed E-state index contributed by atoms with van der Waals surface area (Å²) >= 11 is 0. The first-order valence-corrected chi connectivity index (χ1v) is 27.4. The molecule has 2 N–H and O–H groups in total. The van der Waals surface area contributed by atoms with Crippen LogP contribution in [-0.2, 0) is 31.3 Å². The molecule has 1 saturated heterocycles. The minimum Gasteiger partial charge on any atom is -0.381 e. The average molecular weight is 1080 g/mol. The summed E-state index contributed by atoms with van der Waals surface area (Å²) < 4.78 is 74.1. The average Bonchev–Trinajstić information content (AvgIpc) is 3.82. The highest BCUT2D eigenvalue weighted by Gasteiger charge is 2.59. The fourth-order valence-electron chi connectivity index (χ4n) is 10.8. The number of carbonyl (C=O) groups excluding carboxylic acids is 1. The van der Waals surface area contributed by atoms with Gasteiger partial charge in [-0.3, -0.25) is 28.2 Å². The molecule has 1 aliphatic carbocycles. The van der Waals surface area contributed by atoms with Gasteiger partial charge in [-0.15, -0.1) is 0 Å². The fourth-order valence-corrected chi connectivity index (χ4v) is 13.5. The fraction of sp³-hybridized carbons (Fsp3) is 0.408. The molecule has 4 aromatic heterocycles. The second-order valence-electron chi connectivity index (χ2n) is 18.9. The predicted octanol–water partition coefficient (Wildman–Crippen LogP) is 7.38. The Morgan fingerprint density at radius 1 is 0.944 bits per heavy atom. The van der Waals surface area contributed by atoms with Gasteiger partial charge < -0.3 is 18.8 Å². The summed E-state index contributed by atoms with van der Waals surface area (Å²) in [4.78, 5) is 47.5. The van der Waals surface area contributed by atoms with Crippen molar-refractivity contribution in [3.8, 4) is 17.2 Å². The smallest absolute Gasteiger partial charge is 0.381 e. The lowest BCUT2D eigenvalue weighted by molar-refractivity contribution is 0.0663. The number of aromatic amines is 1. The van der Waals surface area contributed by atoms with Gasteiger partial charge in [-0.25, -0.2) is 27.1 Å². The maximum Gasteiger partial charge on any atom is 0.438 e. The number of nitrogens with one attached hydrogen (secondary N) is 2. The molecule has 3 atom stereocenters. The van der Waals surface area contributed by atoms with Gasteiger partial charge >= 0.3 is 11.4 Å². The van der Waals surface area contributed by atoms with E-state index in [9.17, 15) is 22.6 Å². The summed E-state index contributed by atoms with van der Waals surface area (Å²) in [5, 5.41) is 10.5. The van der Waals surface area contributed by atoms with E-state index in [2.05, 4.69) is 33.9 Å². The molecule has 6 heterocycles. The van der Waals surface area contributed by atoms with Crippen LogP contribution in [0.2, 0.25) is 0 Å². The Hall–Kier alpha value is -5.25. The van der Waals surface area contributed by atoms with E-state index in [1.54, 1.807) is 73.9 Å². The number of hydrogen-bond donors (Lipinski definition) is 2. The Bertz CT molecular complexity index is 3490. The summed E-state index contributed by atoms with van der Waals surface area (Å²) in [5.41, 5.74) is 3.92. The van der Waals surface area contributed by atoms with E-state index in [1.165, 1.54) is 15.2 Å². The van der Waals surface area contributed by atoms with Crippen LogP contribution in [0.15, 0.2) is 81.1 Å². The largest absolute Gasteiger partial charge is 0.438 e. The van der Waals surface area contributed by atoms with Crippen molar-refractivity contribution in [2.75, 3.05) is 43.1 Å². The number of halogens is 1. The quantitative estimate of drug-likeness (QED) is 0.116. The number of hydrogen-bond acceptors (Lipinski definition) is 10. The maximum absolute atomic E-state index is 15.6. The lowest BCUT2D eigenvalue weighted by Gasteiger charge is -2.34. The van der Waals surface area contributed by atoms with Crippen molar-refractivity contribution in [2.24, 2.45) is 5.92 Å². The Labute approximate surface area is 437 Å². The zero-order chi connectivity index (χ0) is 48.9. The number of imidazole rings is 1. The SMILES string of the molecule is CCP(=O)(CC)c1ccc(-n2ccn(-c3c4c(nn3-c3cc(C)c(F)c(C)c3)CCN(C(=O)c3cc5cc(C6CCOCC6)ccc5n3[C@@]3(c5noc(=O)[nH]5)C[C@@H]3C)[C@H]4C)c2=O)cc1NS(C)(=O)=O.S.S.S. The molecule has 3 aliphatic rings. The van der Waals surface area contributed by atoms with Crippen molar-refractivity contribution >= 4 is 85.5 Å². The lowest BCUT2D eigenvalue weighted by Crippen LogP contribution is -2.41. The molecular formula is C49H61FN9O8PS4. The monoisotopic (exact) mass is 1080 g/mol. The predicted molar refractivity (Wildman–Crippen MR) is 292 cm³/mol. The molecule has 2 aliphatic heterocycles. The third-order valence-electron chi connectivity index (χ3n) is 14.7. The summed E-state index contributed by atoms with van der Waals surface area (Å²) in [6, 6.07) is 15.7. The van der Waals surface area contributed by atoms with Crippen LogP contribution < -0.4 is 21.5 Å². The minimum atomic E-state index is -3.81. The van der Waals surface area contributed by atoms with Crippen molar-refractivity contribution in [1.29, 1.82) is 0 Å². The Morgan fingerprint density at radius 2 is 1.61 bits per heavy atom. The van der Waals surface area contributed by atoms with Crippen LogP contribution in [0.5, 0.6) is 0 Å². The Balaban J connectivity index is 0.00000253. The highest BCUT2D eigenvalue weighted by Crippen LogP contribution is 2.56. The van der Waals surface area contributed by atoms with Crippen LogP contribution in [-0.4, -0.2) is 91.2 Å². The molecule has 386 valence electrons. The number of ether oxygens (including phenoxy) is 1. The van der Waals surface area contributed by atoms with E-state index < -0.39 is 40.2 Å². The van der Waals surface area contributed by atoms with Gasteiger partial charge in [0.05, 0.1) is 35.1 Å². The number of aryl methyl sites for hydroxylation is 2. The van der Waals surface area contributed by atoms with Crippen LogP contribution in [0.4, 0.5) is 10.1 Å². The molecule has 2 fully saturated rings. The Morgan fingerprint density at radius 3 is 2.22 bits per heavy atom. The molecule has 1 amide bonds. The third-order valence-corrected chi connectivity index (χ3v) is 18.6. The van der Waals surface area contributed by atoms with E-state index >= 15 is 9.18 Å². The van der Waals surface area contributed by atoms with E-state index in [0.717, 1.165) is 35.6 Å². The van der Waals surface area contributed by atoms with Crippen LogP contribution in [0.25, 0.3) is 28.1 Å². The van der Waals surface area contributed by atoms with Gasteiger partial charge in [0.1, 0.15) is 30.0 Å². The number of carbonyl (C=O) groups is 1. The topological polar surface area (TPSA) is 201 Å². The second kappa shape index (κ2) is 20.2. The number of H-pyrrole nitrogens is 1. The van der Waals surface area contributed by atoms with Crippen molar-refractivity contribution in [3.63, 3.8) is 0 Å². The molecule has 23 heteroatoms. The van der Waals surface area contributed by atoms with E-state index in [-0.39, 0.29) is 70.4 Å². The van der Waals surface area contributed by atoms with E-state index in [4.69, 9.17) is 14.4 Å². The van der Waals surface area contributed by atoms with Crippen LogP contribution >= 0.6 is 47.6 Å². The van der Waals surface area contributed by atoms with Crippen molar-refractivity contribution in [2.45, 2.75) is 84.7 Å². The summed E-state index contributed by atoms with van der Waals surface area (Å²) in [5.74, 6) is -0.358. The zero-order valence-corrected chi connectivity index (χ0v) is 45.8. The number of anilines is 1. The lowest BCUT2D eigenvalue weighted by atomic mass is 9.91. The van der Waals surface area contributed by atoms with Crippen LogP contribution in [0.1, 0.15) is 103 Å². The Kier molecular flexibility index (Phi) is 15.3. The highest BCUT2D eigenvalue weighted by atomic mass is 32.2. The summed E-state index contributed by atoms with van der Waals surface area (Å²) in [7, 11) is -6.80. The summed E-state index contributed by atoms with van der Waals surface area (Å²) in [6.45, 7) is 12.5. The third kappa shape index (κ3) is 9.13. The number of rotatable bonds is 12. The molecule has 0 bridgehead atoms. The van der Waals surface area contributed by atoms with Gasteiger partial charge in [-0.2, -0.15) is 45.6 Å². The number of fused-ring (bicyclic) bond motifs is 2. The normalized spacial score (nSPS) is 19.0. The number of aromatic nitrogens is 7. The number of benzene rings is 3. The molecule has 7 aromatic rings. The second-order valence-corrected chi connectivity index (χ2v) is 24.1. The molecule has 10 rings (SSSR count). The maximum atomic E-state index is 15.6. The molecule has 1 saturated carbocycles. The highest BCUT2D eigenvalue weighted by molar-refractivity contribution is 7.92. The zero-order valence-electron chi connectivity index (χ0n) is 41.1. The van der Waals surface area contributed by atoms with Gasteiger partial charge in [0.15, 0.2) is 5.82 Å². The molecule has 72 heavy (non-hydrogen) atoms. The van der Waals surface area contributed by atoms with Crippen LogP contribution in [0.3, 0.4) is 0 Å². The van der Waals surface area contributed by atoms with Crippen LogP contribution in [0, 0.1) is 25.6 Å². The molecule has 0 spiro atoms. The van der Waals surface area contributed by atoms with E-state index in [0.29, 0.717) is 101 Å². The minimum absolute atomic E-state index is 0. The van der Waals surface area contributed by atoms with Crippen molar-refractivity contribution in [3.05, 3.63) is 133 Å². The first kappa shape index (κ1) is 54.5. The van der Waals surface area contributed by atoms with E-state index in [1.807, 2.05) is 23.6 Å². The summed E-state index contributed by atoms with van der Waals surface area (Å²) in [6.07, 6.45) is 7.48. The number of amides is 1. The van der Waals surface area contributed by atoms with Gasteiger partial charge in [0.2, 0.25) is 10.0 Å². The first-order chi connectivity index (χ1) is 32.9. The standard InChI is InChI=1S/C49H55FN9O8PS.3H2S/c1-8-68(63,9-2)41-13-11-35(26-38(41)54-69(7,64)65)56-18-19-57(48(56)62)44-42-31(6)55(17-14-37(42)52-59(44)36-22-28(3)43(50)29(4)23-36)45(60)40-25-34-24-33(32-15-20-66-21-16-32)10-12-39(34)58(40)49(27-30(49)5)46-51-47(61)67-53-46;;;/h10-13,18-19,22-26,30-32,54H,8-9,14-17,20-21,27H2,1-7H3,(H,51,53,61);3*1H2/t30-,31-,49-;;;/m0.../s1. The van der Waals surface area contributed by atoms with Gasteiger partial charge in [0, 0.05) is 72.7 Å². The number of sulfonamides is 1. The van der Waals surface area contributed by atoms with Gasteiger partial charge in [-0.05, 0) is 117 Å². The van der Waals surface area contributed by atoms with Crippen molar-refractivity contribution < 1.29 is 31.4 Å². The van der Waals surface area contributed by atoms with Crippen molar-refractivity contribution in [1.82, 2.24) is 38.5 Å². The first-order valence-electron chi connectivity index (χ1n) is 23.4. The molecule has 3 aromatic carbocycles.